The standard InChI is InChI=1S/C9H11BrFNO.ClH/c1-5(13)9(12)7-4-6(10)2-3-8(7)11;/h2-5,9,13H,12H2,1H3;1H/t5-,9-;/m1./s1. The second kappa shape index (κ2) is 5.66. The van der Waals surface area contributed by atoms with Crippen LogP contribution in [0.5, 0.6) is 0 Å². The summed E-state index contributed by atoms with van der Waals surface area (Å²) in [6, 6.07) is 3.81. The van der Waals surface area contributed by atoms with Crippen LogP contribution in [0.1, 0.15) is 18.5 Å². The van der Waals surface area contributed by atoms with Gasteiger partial charge in [-0.2, -0.15) is 0 Å². The van der Waals surface area contributed by atoms with Gasteiger partial charge in [-0.25, -0.2) is 4.39 Å². The lowest BCUT2D eigenvalue weighted by Crippen LogP contribution is -2.24. The van der Waals surface area contributed by atoms with Crippen molar-refractivity contribution in [2.75, 3.05) is 0 Å². The van der Waals surface area contributed by atoms with E-state index in [0.717, 1.165) is 4.47 Å². The molecule has 80 valence electrons. The summed E-state index contributed by atoms with van der Waals surface area (Å²) >= 11 is 3.21. The van der Waals surface area contributed by atoms with E-state index in [0.29, 0.717) is 5.56 Å². The van der Waals surface area contributed by atoms with Crippen LogP contribution in [0.15, 0.2) is 22.7 Å². The van der Waals surface area contributed by atoms with Gasteiger partial charge in [0.05, 0.1) is 12.1 Å². The second-order valence-corrected chi connectivity index (χ2v) is 3.85. The van der Waals surface area contributed by atoms with E-state index in [2.05, 4.69) is 15.9 Å². The number of halogens is 3. The van der Waals surface area contributed by atoms with Crippen molar-refractivity contribution in [2.45, 2.75) is 19.1 Å². The number of hydrogen-bond donors (Lipinski definition) is 2. The molecule has 0 unspecified atom stereocenters. The van der Waals surface area contributed by atoms with Gasteiger partial charge in [0, 0.05) is 10.0 Å². The summed E-state index contributed by atoms with van der Waals surface area (Å²) in [5, 5.41) is 9.18. The topological polar surface area (TPSA) is 46.2 Å². The fourth-order valence-corrected chi connectivity index (χ4v) is 1.41. The summed E-state index contributed by atoms with van der Waals surface area (Å²) < 4.78 is 13.9. The van der Waals surface area contributed by atoms with Crippen LogP contribution < -0.4 is 5.73 Å². The molecule has 0 radical (unpaired) electrons. The molecule has 1 aromatic rings. The first kappa shape index (κ1) is 13.8. The van der Waals surface area contributed by atoms with E-state index in [4.69, 9.17) is 5.73 Å². The summed E-state index contributed by atoms with van der Waals surface area (Å²) in [4.78, 5) is 0. The molecule has 0 saturated heterocycles. The minimum atomic E-state index is -0.760. The first-order valence-electron chi connectivity index (χ1n) is 3.91. The summed E-state index contributed by atoms with van der Waals surface area (Å²) in [7, 11) is 0. The van der Waals surface area contributed by atoms with Crippen LogP contribution in [-0.2, 0) is 0 Å². The third-order valence-corrected chi connectivity index (χ3v) is 2.33. The van der Waals surface area contributed by atoms with E-state index in [9.17, 15) is 9.50 Å². The molecule has 0 saturated carbocycles. The minimum Gasteiger partial charge on any atom is -0.391 e. The summed E-state index contributed by atoms with van der Waals surface area (Å²) in [6.45, 7) is 1.53. The fraction of sp³-hybridized carbons (Fsp3) is 0.333. The van der Waals surface area contributed by atoms with Gasteiger partial charge in [-0.15, -0.1) is 12.4 Å². The number of hydrogen-bond acceptors (Lipinski definition) is 2. The van der Waals surface area contributed by atoms with Crippen molar-refractivity contribution >= 4 is 28.3 Å². The van der Waals surface area contributed by atoms with Crippen molar-refractivity contribution in [2.24, 2.45) is 5.73 Å². The third-order valence-electron chi connectivity index (χ3n) is 1.84. The van der Waals surface area contributed by atoms with Crippen molar-refractivity contribution in [1.82, 2.24) is 0 Å². The molecule has 0 bridgehead atoms. The van der Waals surface area contributed by atoms with Crippen LogP contribution in [0.25, 0.3) is 0 Å². The predicted octanol–water partition coefficient (Wildman–Crippen LogP) is 2.39. The van der Waals surface area contributed by atoms with Crippen molar-refractivity contribution in [3.05, 3.63) is 34.1 Å². The molecule has 0 fully saturated rings. The molecule has 1 aromatic carbocycles. The molecule has 0 spiro atoms. The Labute approximate surface area is 96.8 Å². The Morgan fingerprint density at radius 3 is 2.57 bits per heavy atom. The molecular formula is C9H12BrClFNO. The first-order valence-corrected chi connectivity index (χ1v) is 4.70. The molecule has 14 heavy (non-hydrogen) atoms. The molecular weight excluding hydrogens is 272 g/mol. The zero-order valence-corrected chi connectivity index (χ0v) is 9.98. The number of benzene rings is 1. The van der Waals surface area contributed by atoms with Gasteiger partial charge in [-0.05, 0) is 25.1 Å². The third kappa shape index (κ3) is 3.20. The number of aliphatic hydroxyl groups is 1. The zero-order valence-electron chi connectivity index (χ0n) is 7.58. The fourth-order valence-electron chi connectivity index (χ4n) is 1.03. The van der Waals surface area contributed by atoms with E-state index < -0.39 is 18.0 Å². The molecule has 0 aliphatic carbocycles. The highest BCUT2D eigenvalue weighted by molar-refractivity contribution is 9.10. The van der Waals surface area contributed by atoms with Crippen LogP contribution in [0.3, 0.4) is 0 Å². The van der Waals surface area contributed by atoms with E-state index in [-0.39, 0.29) is 12.4 Å². The van der Waals surface area contributed by atoms with Gasteiger partial charge in [-0.1, -0.05) is 15.9 Å². The molecule has 2 atom stereocenters. The quantitative estimate of drug-likeness (QED) is 0.876. The van der Waals surface area contributed by atoms with Gasteiger partial charge in [0.1, 0.15) is 5.82 Å². The lowest BCUT2D eigenvalue weighted by atomic mass is 10.0. The van der Waals surface area contributed by atoms with Crippen LogP contribution >= 0.6 is 28.3 Å². The Morgan fingerprint density at radius 2 is 2.07 bits per heavy atom. The van der Waals surface area contributed by atoms with Gasteiger partial charge in [-0.3, -0.25) is 0 Å². The summed E-state index contributed by atoms with van der Waals surface area (Å²) in [6.07, 6.45) is -0.760. The molecule has 0 aliphatic heterocycles. The molecule has 5 heteroatoms. The Morgan fingerprint density at radius 1 is 1.50 bits per heavy atom. The molecule has 3 N–H and O–H groups in total. The average molecular weight is 285 g/mol. The van der Waals surface area contributed by atoms with Gasteiger partial charge in [0.15, 0.2) is 0 Å². The maximum atomic E-state index is 13.2. The van der Waals surface area contributed by atoms with Gasteiger partial charge in [0.25, 0.3) is 0 Å². The molecule has 0 heterocycles. The smallest absolute Gasteiger partial charge is 0.128 e. The van der Waals surface area contributed by atoms with E-state index in [1.54, 1.807) is 12.1 Å². The molecule has 0 amide bonds. The van der Waals surface area contributed by atoms with E-state index in [1.165, 1.54) is 13.0 Å². The Hall–Kier alpha value is -0.160. The second-order valence-electron chi connectivity index (χ2n) is 2.93. The largest absolute Gasteiger partial charge is 0.391 e. The monoisotopic (exact) mass is 283 g/mol. The zero-order chi connectivity index (χ0) is 10.0. The average Bonchev–Trinajstić information content (AvgIpc) is 2.08. The van der Waals surface area contributed by atoms with Gasteiger partial charge < -0.3 is 10.8 Å². The lowest BCUT2D eigenvalue weighted by Gasteiger charge is -2.15. The first-order chi connectivity index (χ1) is 6.02. The van der Waals surface area contributed by atoms with Crippen LogP contribution in [0.2, 0.25) is 0 Å². The SMILES string of the molecule is C[C@@H](O)[C@@H](N)c1cc(Br)ccc1F.Cl. The van der Waals surface area contributed by atoms with Gasteiger partial charge >= 0.3 is 0 Å². The van der Waals surface area contributed by atoms with Crippen molar-refractivity contribution in [3.8, 4) is 0 Å². The van der Waals surface area contributed by atoms with Crippen LogP contribution in [0.4, 0.5) is 4.39 Å². The predicted molar refractivity (Wildman–Crippen MR) is 60.0 cm³/mol. The van der Waals surface area contributed by atoms with E-state index >= 15 is 0 Å². The van der Waals surface area contributed by atoms with Crippen molar-refractivity contribution in [3.63, 3.8) is 0 Å². The molecule has 2 nitrogen and oxygen atoms in total. The van der Waals surface area contributed by atoms with Crippen molar-refractivity contribution in [1.29, 1.82) is 0 Å². The van der Waals surface area contributed by atoms with Crippen LogP contribution in [0, 0.1) is 5.82 Å². The maximum Gasteiger partial charge on any atom is 0.128 e. The van der Waals surface area contributed by atoms with Gasteiger partial charge in [0.2, 0.25) is 0 Å². The minimum absolute atomic E-state index is 0. The Kier molecular flexibility index (Phi) is 5.59. The molecule has 0 aliphatic rings. The highest BCUT2D eigenvalue weighted by Gasteiger charge is 2.16. The lowest BCUT2D eigenvalue weighted by molar-refractivity contribution is 0.162. The number of aliphatic hydroxyl groups excluding tert-OH is 1. The maximum absolute atomic E-state index is 13.2. The van der Waals surface area contributed by atoms with E-state index in [1.807, 2.05) is 0 Å². The van der Waals surface area contributed by atoms with Crippen LogP contribution in [-0.4, -0.2) is 11.2 Å². The summed E-state index contributed by atoms with van der Waals surface area (Å²) in [5.74, 6) is -0.392. The van der Waals surface area contributed by atoms with Crippen molar-refractivity contribution < 1.29 is 9.50 Å². The number of rotatable bonds is 2. The Bertz CT molecular complexity index is 309. The Balaban J connectivity index is 0.00000169. The molecule has 1 rings (SSSR count). The highest BCUT2D eigenvalue weighted by Crippen LogP contribution is 2.22. The summed E-state index contributed by atoms with van der Waals surface area (Å²) in [5.41, 5.74) is 5.92. The normalized spacial score (nSPS) is 14.4. The highest BCUT2D eigenvalue weighted by atomic mass is 79.9. The number of nitrogens with two attached hydrogens (primary N) is 1. The molecule has 0 aromatic heterocycles.